The molecule has 1 aromatic carbocycles. The van der Waals surface area contributed by atoms with Gasteiger partial charge in [-0.3, -0.25) is 0 Å². The normalized spacial score (nSPS) is 20.8. The van der Waals surface area contributed by atoms with E-state index in [0.717, 1.165) is 6.07 Å². The van der Waals surface area contributed by atoms with Gasteiger partial charge in [-0.05, 0) is 26.3 Å². The summed E-state index contributed by atoms with van der Waals surface area (Å²) in [4.78, 5) is 5.60. The second-order valence-electron chi connectivity index (χ2n) is 8.80. The van der Waals surface area contributed by atoms with E-state index in [1.165, 1.54) is 32.0 Å². The highest BCUT2D eigenvalue weighted by molar-refractivity contribution is 5.93. The molecule has 0 amide bonds. The number of nitrogens with one attached hydrogen (secondary N) is 1. The molecule has 3 atom stereocenters. The second kappa shape index (κ2) is 8.51. The van der Waals surface area contributed by atoms with E-state index in [1.54, 1.807) is 4.90 Å². The van der Waals surface area contributed by atoms with Gasteiger partial charge in [0.25, 0.3) is 6.43 Å². The first-order valence-electron chi connectivity index (χ1n) is 11.0. The molecule has 2 aliphatic heterocycles. The van der Waals surface area contributed by atoms with Gasteiger partial charge in [-0.25, -0.2) is 18.2 Å². The van der Waals surface area contributed by atoms with Gasteiger partial charge in [0.15, 0.2) is 11.5 Å². The van der Waals surface area contributed by atoms with Gasteiger partial charge >= 0.3 is 6.18 Å². The van der Waals surface area contributed by atoms with Crippen LogP contribution in [0.1, 0.15) is 48.3 Å². The molecule has 2 aliphatic rings. The maximum absolute atomic E-state index is 14.7. The van der Waals surface area contributed by atoms with Gasteiger partial charge in [0.1, 0.15) is 5.82 Å². The van der Waals surface area contributed by atoms with Crippen LogP contribution in [0.15, 0.2) is 24.3 Å². The van der Waals surface area contributed by atoms with Crippen molar-refractivity contribution in [2.45, 2.75) is 51.1 Å². The number of hydrogen-bond donors (Lipinski definition) is 1. The standard InChI is InChI=1S/C23H21F6N5O/c1-10(14-4-3-5-15(18(14)24)21(25)26)30-22-16-7-17(34-8-13-6-12(34)9-35-13)20(23(27,28)29)31-19(16)11(2)32-33-22/h3-5,7,10,12-13,21H,6,8-9H2,1-2H3,(H,30,33)/t10-,12?,13?/m1/s1. The zero-order valence-electron chi connectivity index (χ0n) is 18.7. The summed E-state index contributed by atoms with van der Waals surface area (Å²) in [6, 6.07) is 4.01. The van der Waals surface area contributed by atoms with E-state index in [9.17, 15) is 26.3 Å². The van der Waals surface area contributed by atoms with Crippen molar-refractivity contribution in [3.8, 4) is 0 Å². The van der Waals surface area contributed by atoms with Gasteiger partial charge in [0.05, 0.1) is 47.3 Å². The van der Waals surface area contributed by atoms with Gasteiger partial charge in [-0.1, -0.05) is 18.2 Å². The van der Waals surface area contributed by atoms with Crippen LogP contribution in [0.25, 0.3) is 10.9 Å². The number of anilines is 2. The smallest absolute Gasteiger partial charge is 0.374 e. The van der Waals surface area contributed by atoms with E-state index in [1.807, 2.05) is 0 Å². The Morgan fingerprint density at radius 2 is 1.91 bits per heavy atom. The molecule has 186 valence electrons. The van der Waals surface area contributed by atoms with E-state index in [-0.39, 0.29) is 45.8 Å². The van der Waals surface area contributed by atoms with Crippen molar-refractivity contribution in [1.29, 1.82) is 0 Å². The van der Waals surface area contributed by atoms with Crippen LogP contribution in [0.4, 0.5) is 37.8 Å². The van der Waals surface area contributed by atoms with Crippen LogP contribution in [0.3, 0.4) is 0 Å². The molecule has 0 saturated carbocycles. The number of fused-ring (bicyclic) bond motifs is 3. The number of morpholine rings is 1. The zero-order valence-corrected chi connectivity index (χ0v) is 18.7. The lowest BCUT2D eigenvalue weighted by molar-refractivity contribution is -0.140. The third kappa shape index (κ3) is 4.13. The Kier molecular flexibility index (Phi) is 5.73. The molecule has 5 rings (SSSR count). The molecule has 0 radical (unpaired) electrons. The molecule has 3 aromatic rings. The molecule has 12 heteroatoms. The summed E-state index contributed by atoms with van der Waals surface area (Å²) < 4.78 is 88.5. The summed E-state index contributed by atoms with van der Waals surface area (Å²) in [5.74, 6) is -0.985. The Balaban J connectivity index is 1.60. The number of aromatic nitrogens is 3. The third-order valence-corrected chi connectivity index (χ3v) is 6.49. The van der Waals surface area contributed by atoms with E-state index >= 15 is 0 Å². The largest absolute Gasteiger partial charge is 0.435 e. The Hall–Kier alpha value is -3.15. The Morgan fingerprint density at radius 1 is 1.17 bits per heavy atom. The predicted octanol–water partition coefficient (Wildman–Crippen LogP) is 5.58. The van der Waals surface area contributed by atoms with Crippen LogP contribution in [-0.2, 0) is 10.9 Å². The molecule has 0 spiro atoms. The molecule has 6 nitrogen and oxygen atoms in total. The van der Waals surface area contributed by atoms with Crippen LogP contribution in [0, 0.1) is 12.7 Å². The van der Waals surface area contributed by atoms with Crippen LogP contribution in [0.5, 0.6) is 0 Å². The van der Waals surface area contributed by atoms with E-state index in [0.29, 0.717) is 19.6 Å². The first-order chi connectivity index (χ1) is 16.5. The first-order valence-corrected chi connectivity index (χ1v) is 11.0. The lowest BCUT2D eigenvalue weighted by Crippen LogP contribution is -2.38. The number of aryl methyl sites for hydroxylation is 1. The minimum atomic E-state index is -4.71. The lowest BCUT2D eigenvalue weighted by atomic mass is 10.0. The number of hydrogen-bond acceptors (Lipinski definition) is 6. The zero-order chi connectivity index (χ0) is 25.1. The summed E-state index contributed by atoms with van der Waals surface area (Å²) in [7, 11) is 0. The summed E-state index contributed by atoms with van der Waals surface area (Å²) in [5.41, 5.74) is -1.70. The maximum Gasteiger partial charge on any atom is 0.435 e. The Labute approximate surface area is 196 Å². The predicted molar refractivity (Wildman–Crippen MR) is 116 cm³/mol. The van der Waals surface area contributed by atoms with Gasteiger partial charge in [0, 0.05) is 17.5 Å². The molecule has 2 unspecified atom stereocenters. The number of pyridine rings is 1. The van der Waals surface area contributed by atoms with E-state index in [2.05, 4.69) is 20.5 Å². The van der Waals surface area contributed by atoms with E-state index < -0.39 is 35.7 Å². The average molecular weight is 497 g/mol. The molecule has 2 saturated heterocycles. The van der Waals surface area contributed by atoms with Crippen molar-refractivity contribution in [1.82, 2.24) is 15.2 Å². The van der Waals surface area contributed by atoms with Crippen molar-refractivity contribution in [2.75, 3.05) is 23.4 Å². The highest BCUT2D eigenvalue weighted by atomic mass is 19.4. The number of nitrogens with zero attached hydrogens (tertiary/aromatic N) is 4. The molecule has 35 heavy (non-hydrogen) atoms. The van der Waals surface area contributed by atoms with Crippen molar-refractivity contribution in [2.24, 2.45) is 0 Å². The molecule has 2 fully saturated rings. The lowest BCUT2D eigenvalue weighted by Gasteiger charge is -2.31. The minimum absolute atomic E-state index is 0.00631. The average Bonchev–Trinajstić information content (AvgIpc) is 3.43. The Bertz CT molecular complexity index is 1280. The van der Waals surface area contributed by atoms with Gasteiger partial charge in [0.2, 0.25) is 0 Å². The summed E-state index contributed by atoms with van der Waals surface area (Å²) in [5, 5.41) is 11.2. The maximum atomic E-state index is 14.7. The van der Waals surface area contributed by atoms with Gasteiger partial charge < -0.3 is 15.0 Å². The van der Waals surface area contributed by atoms with Crippen molar-refractivity contribution >= 4 is 22.4 Å². The summed E-state index contributed by atoms with van der Waals surface area (Å²) >= 11 is 0. The Morgan fingerprint density at radius 3 is 2.54 bits per heavy atom. The number of rotatable bonds is 5. The quantitative estimate of drug-likeness (QED) is 0.465. The second-order valence-corrected chi connectivity index (χ2v) is 8.80. The number of benzene rings is 1. The summed E-state index contributed by atoms with van der Waals surface area (Å²) in [6.07, 6.45) is -7.21. The fourth-order valence-electron chi connectivity index (χ4n) is 4.77. The van der Waals surface area contributed by atoms with Crippen LogP contribution in [-0.4, -0.2) is 40.5 Å². The molecule has 1 N–H and O–H groups in total. The molecule has 2 bridgehead atoms. The molecular formula is C23H21F6N5O. The van der Waals surface area contributed by atoms with Crippen LogP contribution >= 0.6 is 0 Å². The SMILES string of the molecule is Cc1nnc(N[C@H](C)c2cccc(C(F)F)c2F)c2cc(N3CC4CC3CO4)c(C(F)(F)F)nc12. The third-order valence-electron chi connectivity index (χ3n) is 6.49. The summed E-state index contributed by atoms with van der Waals surface area (Å²) in [6.45, 7) is 3.67. The fourth-order valence-corrected chi connectivity index (χ4v) is 4.77. The number of ether oxygens (including phenoxy) is 1. The van der Waals surface area contributed by atoms with Crippen molar-refractivity contribution < 1.29 is 31.1 Å². The molecule has 4 heterocycles. The minimum Gasteiger partial charge on any atom is -0.374 e. The van der Waals surface area contributed by atoms with Crippen molar-refractivity contribution in [3.63, 3.8) is 0 Å². The molecule has 0 aliphatic carbocycles. The van der Waals surface area contributed by atoms with Gasteiger partial charge in [-0.2, -0.15) is 18.3 Å². The first kappa shape index (κ1) is 23.6. The van der Waals surface area contributed by atoms with Crippen molar-refractivity contribution in [3.05, 3.63) is 52.6 Å². The number of halogens is 6. The topological polar surface area (TPSA) is 63.2 Å². The van der Waals surface area contributed by atoms with Gasteiger partial charge in [-0.15, -0.1) is 5.10 Å². The van der Waals surface area contributed by atoms with Crippen LogP contribution < -0.4 is 10.2 Å². The highest BCUT2D eigenvalue weighted by Crippen LogP contribution is 2.43. The highest BCUT2D eigenvalue weighted by Gasteiger charge is 2.44. The fraction of sp³-hybridized carbons (Fsp3) is 0.435. The molecular weight excluding hydrogens is 476 g/mol. The van der Waals surface area contributed by atoms with Crippen LogP contribution in [0.2, 0.25) is 0 Å². The van der Waals surface area contributed by atoms with E-state index in [4.69, 9.17) is 4.74 Å². The molecule has 2 aromatic heterocycles. The number of alkyl halides is 5. The monoisotopic (exact) mass is 497 g/mol.